The fourth-order valence-corrected chi connectivity index (χ4v) is 4.68. The van der Waals surface area contributed by atoms with Crippen LogP contribution >= 0.6 is 11.6 Å². The summed E-state index contributed by atoms with van der Waals surface area (Å²) in [7, 11) is 1.73. The third-order valence-corrected chi connectivity index (χ3v) is 7.01. The number of benzene rings is 1. The molecule has 9 heteroatoms. The Labute approximate surface area is 206 Å². The highest BCUT2D eigenvalue weighted by Gasteiger charge is 2.27. The Morgan fingerprint density at radius 3 is 2.76 bits per heavy atom. The molecule has 1 aromatic carbocycles. The Morgan fingerprint density at radius 2 is 2.03 bits per heavy atom. The molecule has 0 bridgehead atoms. The van der Waals surface area contributed by atoms with Gasteiger partial charge in [0.05, 0.1) is 17.7 Å². The first-order valence-corrected chi connectivity index (χ1v) is 12.4. The molecule has 2 heterocycles. The van der Waals surface area contributed by atoms with Crippen LogP contribution < -0.4 is 0 Å². The van der Waals surface area contributed by atoms with Crippen molar-refractivity contribution in [2.24, 2.45) is 0 Å². The summed E-state index contributed by atoms with van der Waals surface area (Å²) in [5.74, 6) is -0.666. The van der Waals surface area contributed by atoms with Crippen LogP contribution in [0.25, 0.3) is 6.08 Å². The maximum absolute atomic E-state index is 13.6. The fourth-order valence-electron chi connectivity index (χ4n) is 4.57. The predicted molar refractivity (Wildman–Crippen MR) is 130 cm³/mol. The fraction of sp³-hybridized carbons (Fsp3) is 0.600. The molecule has 2 fully saturated rings. The van der Waals surface area contributed by atoms with E-state index in [1.165, 1.54) is 18.2 Å². The molecule has 0 aromatic heterocycles. The number of hydrogen-bond donors (Lipinski definition) is 1. The molecule has 0 radical (unpaired) electrons. The van der Waals surface area contributed by atoms with E-state index < -0.39 is 5.82 Å². The van der Waals surface area contributed by atoms with Gasteiger partial charge in [0.15, 0.2) is 0 Å². The predicted octanol–water partition coefficient (Wildman–Crippen LogP) is 2.81. The lowest BCUT2D eigenvalue weighted by Crippen LogP contribution is -2.48. The number of carbonyl (C=O) groups excluding carboxylic acids is 2. The van der Waals surface area contributed by atoms with Crippen molar-refractivity contribution in [2.45, 2.75) is 44.2 Å². The molecule has 1 aromatic rings. The van der Waals surface area contributed by atoms with Crippen molar-refractivity contribution >= 4 is 29.5 Å². The number of aliphatic hydroxyl groups is 1. The number of unbranched alkanes of at least 4 members (excludes halogenated alkanes) is 1. The van der Waals surface area contributed by atoms with E-state index in [1.54, 1.807) is 24.2 Å². The zero-order valence-electron chi connectivity index (χ0n) is 19.8. The van der Waals surface area contributed by atoms with Crippen molar-refractivity contribution in [3.05, 3.63) is 40.7 Å². The number of carbonyl (C=O) groups is 2. The summed E-state index contributed by atoms with van der Waals surface area (Å²) in [4.78, 5) is 30.9. The van der Waals surface area contributed by atoms with Crippen LogP contribution in [0.1, 0.15) is 37.7 Å². The first kappa shape index (κ1) is 26.6. The molecule has 0 spiro atoms. The number of amides is 2. The minimum atomic E-state index is -0.530. The maximum Gasteiger partial charge on any atom is 0.246 e. The van der Waals surface area contributed by atoms with E-state index in [1.807, 2.05) is 4.90 Å². The first-order chi connectivity index (χ1) is 16.4. The third-order valence-electron chi connectivity index (χ3n) is 6.71. The summed E-state index contributed by atoms with van der Waals surface area (Å²) in [5, 5.41) is 9.69. The van der Waals surface area contributed by atoms with E-state index in [-0.39, 0.29) is 35.6 Å². The van der Waals surface area contributed by atoms with Crippen molar-refractivity contribution in [2.75, 3.05) is 53.0 Å². The van der Waals surface area contributed by atoms with Crippen LogP contribution in [0.5, 0.6) is 0 Å². The van der Waals surface area contributed by atoms with E-state index in [4.69, 9.17) is 16.3 Å². The van der Waals surface area contributed by atoms with Crippen LogP contribution in [0.4, 0.5) is 4.39 Å². The molecule has 2 atom stereocenters. The van der Waals surface area contributed by atoms with E-state index in [0.717, 1.165) is 38.8 Å². The zero-order valence-corrected chi connectivity index (χ0v) is 20.6. The van der Waals surface area contributed by atoms with E-state index in [9.17, 15) is 19.1 Å². The molecule has 188 valence electrons. The number of ether oxygens (including phenoxy) is 1. The summed E-state index contributed by atoms with van der Waals surface area (Å²) >= 11 is 5.69. The Balaban J connectivity index is 1.43. The number of likely N-dealkylation sites (tertiary alicyclic amines) is 1. The lowest BCUT2D eigenvalue weighted by atomic mass is 10.00. The van der Waals surface area contributed by atoms with Crippen LogP contribution in [0.3, 0.4) is 0 Å². The highest BCUT2D eigenvalue weighted by atomic mass is 35.5. The summed E-state index contributed by atoms with van der Waals surface area (Å²) in [6.45, 7) is 3.86. The summed E-state index contributed by atoms with van der Waals surface area (Å²) in [6, 6.07) is 4.56. The average Bonchev–Trinajstić information content (AvgIpc) is 3.03. The van der Waals surface area contributed by atoms with Crippen LogP contribution in [-0.4, -0.2) is 96.8 Å². The van der Waals surface area contributed by atoms with Crippen molar-refractivity contribution in [3.63, 3.8) is 0 Å². The molecular formula is C25H35ClFN3O4. The van der Waals surface area contributed by atoms with Crippen molar-refractivity contribution in [3.8, 4) is 0 Å². The number of nitrogens with zero attached hydrogens (tertiary/aromatic N) is 3. The van der Waals surface area contributed by atoms with Gasteiger partial charge in [-0.2, -0.15) is 0 Å². The lowest BCUT2D eigenvalue weighted by molar-refractivity contribution is -0.130. The molecule has 3 rings (SSSR count). The molecule has 2 aliphatic heterocycles. The average molecular weight is 496 g/mol. The van der Waals surface area contributed by atoms with Crippen molar-refractivity contribution in [1.82, 2.24) is 14.7 Å². The molecule has 0 aliphatic carbocycles. The minimum Gasteiger partial charge on any atom is -0.395 e. The van der Waals surface area contributed by atoms with Gasteiger partial charge >= 0.3 is 0 Å². The molecule has 1 N–H and O–H groups in total. The van der Waals surface area contributed by atoms with Crippen LogP contribution in [0, 0.1) is 5.82 Å². The zero-order chi connectivity index (χ0) is 24.5. The largest absolute Gasteiger partial charge is 0.395 e. The highest BCUT2D eigenvalue weighted by molar-refractivity contribution is 6.30. The van der Waals surface area contributed by atoms with Crippen LogP contribution in [-0.2, 0) is 14.3 Å². The normalized spacial score (nSPS) is 22.4. The molecule has 0 saturated carbocycles. The second-order valence-electron chi connectivity index (χ2n) is 8.94. The maximum atomic E-state index is 13.6. The van der Waals surface area contributed by atoms with E-state index >= 15 is 0 Å². The van der Waals surface area contributed by atoms with Gasteiger partial charge in [-0.25, -0.2) is 4.39 Å². The number of methoxy groups -OCH3 is 1. The number of halogens is 2. The van der Waals surface area contributed by atoms with Gasteiger partial charge in [0, 0.05) is 58.4 Å². The number of hydrogen-bond acceptors (Lipinski definition) is 5. The number of piperidine rings is 1. The standard InChI is InChI=1S/C25H35ClFN3O4/c1-34-21-7-6-20(18-31)30(17-21)12-3-2-11-28-14-15-29(13-10-25(28)33)24(32)9-5-19-4-8-22(26)23(27)16-19/h4-5,8-9,16,20-21,31H,2-3,6-7,10-15,17-18H2,1H3. The quantitative estimate of drug-likeness (QED) is 0.421. The molecule has 2 amide bonds. The minimum absolute atomic E-state index is 0.0397. The molecular weight excluding hydrogens is 461 g/mol. The number of aliphatic hydroxyl groups excluding tert-OH is 1. The second kappa shape index (κ2) is 13.2. The Morgan fingerprint density at radius 1 is 1.24 bits per heavy atom. The third kappa shape index (κ3) is 7.50. The summed E-state index contributed by atoms with van der Waals surface area (Å²) in [6.07, 6.45) is 7.18. The van der Waals surface area contributed by atoms with Gasteiger partial charge < -0.3 is 19.6 Å². The van der Waals surface area contributed by atoms with Gasteiger partial charge in [0.1, 0.15) is 5.82 Å². The SMILES string of the molecule is COC1CCC(CO)N(CCCCN2CCN(C(=O)C=Cc3ccc(Cl)c(F)c3)CCC2=O)C1. The number of rotatable bonds is 9. The summed E-state index contributed by atoms with van der Waals surface area (Å²) < 4.78 is 19.1. The van der Waals surface area contributed by atoms with Gasteiger partial charge in [-0.05, 0) is 56.0 Å². The monoisotopic (exact) mass is 495 g/mol. The van der Waals surface area contributed by atoms with Gasteiger partial charge in [-0.3, -0.25) is 14.5 Å². The molecule has 2 aliphatic rings. The Kier molecular flexibility index (Phi) is 10.3. The smallest absolute Gasteiger partial charge is 0.246 e. The van der Waals surface area contributed by atoms with Crippen LogP contribution in [0.2, 0.25) is 5.02 Å². The molecule has 2 saturated heterocycles. The van der Waals surface area contributed by atoms with Crippen LogP contribution in [0.15, 0.2) is 24.3 Å². The highest BCUT2D eigenvalue weighted by Crippen LogP contribution is 2.20. The van der Waals surface area contributed by atoms with E-state index in [0.29, 0.717) is 38.2 Å². The summed E-state index contributed by atoms with van der Waals surface area (Å²) in [5.41, 5.74) is 0.553. The van der Waals surface area contributed by atoms with Crippen molar-refractivity contribution < 1.29 is 23.8 Å². The Bertz CT molecular complexity index is 869. The van der Waals surface area contributed by atoms with Gasteiger partial charge in [0.25, 0.3) is 0 Å². The van der Waals surface area contributed by atoms with Gasteiger partial charge in [-0.15, -0.1) is 0 Å². The second-order valence-corrected chi connectivity index (χ2v) is 9.34. The molecule has 34 heavy (non-hydrogen) atoms. The Hall–Kier alpha value is -2.00. The van der Waals surface area contributed by atoms with Gasteiger partial charge in [0.2, 0.25) is 11.8 Å². The lowest BCUT2D eigenvalue weighted by Gasteiger charge is -2.38. The van der Waals surface area contributed by atoms with Gasteiger partial charge in [-0.1, -0.05) is 17.7 Å². The van der Waals surface area contributed by atoms with E-state index in [2.05, 4.69) is 4.90 Å². The first-order valence-electron chi connectivity index (χ1n) is 12.0. The topological polar surface area (TPSA) is 73.3 Å². The van der Waals surface area contributed by atoms with Crippen molar-refractivity contribution in [1.29, 1.82) is 0 Å². The molecule has 7 nitrogen and oxygen atoms in total. The molecule has 2 unspecified atom stereocenters.